The van der Waals surface area contributed by atoms with Gasteiger partial charge in [0, 0.05) is 23.7 Å². The second-order valence-electron chi connectivity index (χ2n) is 4.98. The molecule has 2 aromatic carbocycles. The number of phenolic OH excluding ortho intramolecular Hbond substituents is 1. The number of phenols is 1. The van der Waals surface area contributed by atoms with Crippen LogP contribution in [0.3, 0.4) is 0 Å². The van der Waals surface area contributed by atoms with E-state index in [0.29, 0.717) is 12.3 Å². The molecule has 0 radical (unpaired) electrons. The van der Waals surface area contributed by atoms with Crippen molar-refractivity contribution in [2.45, 2.75) is 26.4 Å². The highest BCUT2D eigenvalue weighted by Gasteiger charge is 2.11. The molecule has 0 spiro atoms. The van der Waals surface area contributed by atoms with E-state index >= 15 is 0 Å². The van der Waals surface area contributed by atoms with Crippen molar-refractivity contribution in [3.8, 4) is 11.5 Å². The van der Waals surface area contributed by atoms with Gasteiger partial charge < -0.3 is 15.2 Å². The molecule has 0 fully saturated rings. The Kier molecular flexibility index (Phi) is 4.64. The average molecular weight is 271 g/mol. The summed E-state index contributed by atoms with van der Waals surface area (Å²) in [5, 5.41) is 13.2. The van der Waals surface area contributed by atoms with Crippen molar-refractivity contribution in [3.63, 3.8) is 0 Å². The topological polar surface area (TPSA) is 41.5 Å². The molecular weight excluding hydrogens is 250 g/mol. The third kappa shape index (κ3) is 3.31. The number of para-hydroxylation sites is 1. The highest BCUT2D eigenvalue weighted by molar-refractivity contribution is 5.39. The zero-order valence-electron chi connectivity index (χ0n) is 12.2. The lowest BCUT2D eigenvalue weighted by Gasteiger charge is -2.18. The Bertz CT molecular complexity index is 581. The van der Waals surface area contributed by atoms with Crippen LogP contribution in [0.2, 0.25) is 0 Å². The van der Waals surface area contributed by atoms with Crippen molar-refractivity contribution in [1.82, 2.24) is 5.32 Å². The normalized spacial score (nSPS) is 12.2. The van der Waals surface area contributed by atoms with Crippen molar-refractivity contribution < 1.29 is 9.84 Å². The van der Waals surface area contributed by atoms with Crippen molar-refractivity contribution in [3.05, 3.63) is 59.2 Å². The van der Waals surface area contributed by atoms with Crippen molar-refractivity contribution >= 4 is 0 Å². The molecule has 106 valence electrons. The number of nitrogens with one attached hydrogen (secondary N) is 1. The van der Waals surface area contributed by atoms with Gasteiger partial charge in [-0.2, -0.15) is 0 Å². The van der Waals surface area contributed by atoms with Gasteiger partial charge in [0.05, 0.1) is 7.11 Å². The summed E-state index contributed by atoms with van der Waals surface area (Å²) in [6.45, 7) is 4.78. The fourth-order valence-electron chi connectivity index (χ4n) is 2.23. The minimum absolute atomic E-state index is 0.143. The molecule has 0 bridgehead atoms. The SMILES string of the molecule is COc1ccc(C)cc1C(C)NCc1ccccc1O. The maximum atomic E-state index is 9.77. The molecule has 20 heavy (non-hydrogen) atoms. The molecular formula is C17H21NO2. The van der Waals surface area contributed by atoms with Crippen LogP contribution >= 0.6 is 0 Å². The summed E-state index contributed by atoms with van der Waals surface area (Å²) >= 11 is 0. The summed E-state index contributed by atoms with van der Waals surface area (Å²) in [6.07, 6.45) is 0. The first-order valence-corrected chi connectivity index (χ1v) is 6.76. The Labute approximate surface area is 120 Å². The summed E-state index contributed by atoms with van der Waals surface area (Å²) < 4.78 is 5.41. The molecule has 2 aromatic rings. The molecule has 0 saturated carbocycles. The lowest BCUT2D eigenvalue weighted by atomic mass is 10.0. The Morgan fingerprint density at radius 2 is 1.95 bits per heavy atom. The Balaban J connectivity index is 2.11. The van der Waals surface area contributed by atoms with Gasteiger partial charge in [0.25, 0.3) is 0 Å². The van der Waals surface area contributed by atoms with Crippen LogP contribution in [0.1, 0.15) is 29.7 Å². The third-order valence-corrected chi connectivity index (χ3v) is 3.44. The zero-order valence-corrected chi connectivity index (χ0v) is 12.2. The van der Waals surface area contributed by atoms with Gasteiger partial charge in [-0.25, -0.2) is 0 Å². The van der Waals surface area contributed by atoms with Crippen LogP contribution in [-0.2, 0) is 6.54 Å². The number of hydrogen-bond acceptors (Lipinski definition) is 3. The quantitative estimate of drug-likeness (QED) is 0.873. The molecule has 3 heteroatoms. The standard InChI is InChI=1S/C17H21NO2/c1-12-8-9-17(20-3)15(10-12)13(2)18-11-14-6-4-5-7-16(14)19/h4-10,13,18-19H,11H2,1-3H3. The summed E-state index contributed by atoms with van der Waals surface area (Å²) in [5.41, 5.74) is 3.23. The smallest absolute Gasteiger partial charge is 0.123 e. The van der Waals surface area contributed by atoms with Crippen LogP contribution < -0.4 is 10.1 Å². The molecule has 2 rings (SSSR count). The number of rotatable bonds is 5. The minimum Gasteiger partial charge on any atom is -0.508 e. The zero-order chi connectivity index (χ0) is 14.5. The van der Waals surface area contributed by atoms with E-state index in [2.05, 4.69) is 25.2 Å². The van der Waals surface area contributed by atoms with Crippen molar-refractivity contribution in [2.24, 2.45) is 0 Å². The van der Waals surface area contributed by atoms with Gasteiger partial charge in [0.15, 0.2) is 0 Å². The monoisotopic (exact) mass is 271 g/mol. The second-order valence-corrected chi connectivity index (χ2v) is 4.98. The Morgan fingerprint density at radius 1 is 1.20 bits per heavy atom. The number of benzene rings is 2. The summed E-state index contributed by atoms with van der Waals surface area (Å²) in [7, 11) is 1.68. The first-order valence-electron chi connectivity index (χ1n) is 6.76. The van der Waals surface area contributed by atoms with Gasteiger partial charge in [-0.3, -0.25) is 0 Å². The molecule has 0 aromatic heterocycles. The maximum Gasteiger partial charge on any atom is 0.123 e. The number of methoxy groups -OCH3 is 1. The van der Waals surface area contributed by atoms with Gasteiger partial charge >= 0.3 is 0 Å². The first kappa shape index (κ1) is 14.4. The van der Waals surface area contributed by atoms with Gasteiger partial charge in [0.1, 0.15) is 11.5 Å². The van der Waals surface area contributed by atoms with Gasteiger partial charge in [0.2, 0.25) is 0 Å². The number of aryl methyl sites for hydroxylation is 1. The third-order valence-electron chi connectivity index (χ3n) is 3.44. The molecule has 0 aliphatic rings. The highest BCUT2D eigenvalue weighted by atomic mass is 16.5. The van der Waals surface area contributed by atoms with E-state index in [-0.39, 0.29) is 6.04 Å². The molecule has 0 aliphatic carbocycles. The molecule has 3 nitrogen and oxygen atoms in total. The summed E-state index contributed by atoms with van der Waals surface area (Å²) in [6, 6.07) is 13.7. The van der Waals surface area contributed by atoms with Crippen molar-refractivity contribution in [1.29, 1.82) is 0 Å². The molecule has 1 atom stereocenters. The van der Waals surface area contributed by atoms with E-state index in [9.17, 15) is 5.11 Å². The molecule has 0 saturated heterocycles. The van der Waals surface area contributed by atoms with Crippen LogP contribution in [0, 0.1) is 6.92 Å². The van der Waals surface area contributed by atoms with Crippen LogP contribution in [0.4, 0.5) is 0 Å². The lowest BCUT2D eigenvalue weighted by molar-refractivity contribution is 0.400. The van der Waals surface area contributed by atoms with E-state index in [1.807, 2.05) is 30.3 Å². The predicted octanol–water partition coefficient (Wildman–Crippen LogP) is 3.56. The molecule has 1 unspecified atom stereocenters. The fraction of sp³-hybridized carbons (Fsp3) is 0.294. The number of aromatic hydroxyl groups is 1. The van der Waals surface area contributed by atoms with E-state index < -0.39 is 0 Å². The first-order chi connectivity index (χ1) is 9.61. The van der Waals surface area contributed by atoms with Crippen LogP contribution in [0.25, 0.3) is 0 Å². The summed E-state index contributed by atoms with van der Waals surface area (Å²) in [5.74, 6) is 1.20. The average Bonchev–Trinajstić information content (AvgIpc) is 2.46. The molecule has 0 aliphatic heterocycles. The van der Waals surface area contributed by atoms with Crippen LogP contribution in [-0.4, -0.2) is 12.2 Å². The van der Waals surface area contributed by atoms with E-state index in [0.717, 1.165) is 16.9 Å². The predicted molar refractivity (Wildman–Crippen MR) is 81.1 cm³/mol. The van der Waals surface area contributed by atoms with Gasteiger partial charge in [-0.15, -0.1) is 0 Å². The molecule has 0 heterocycles. The second kappa shape index (κ2) is 6.44. The van der Waals surface area contributed by atoms with Crippen LogP contribution in [0.5, 0.6) is 11.5 Å². The van der Waals surface area contributed by atoms with E-state index in [1.165, 1.54) is 5.56 Å². The van der Waals surface area contributed by atoms with Gasteiger partial charge in [-0.05, 0) is 26.0 Å². The number of hydrogen-bond donors (Lipinski definition) is 2. The highest BCUT2D eigenvalue weighted by Crippen LogP contribution is 2.26. The van der Waals surface area contributed by atoms with E-state index in [4.69, 9.17) is 4.74 Å². The van der Waals surface area contributed by atoms with Crippen molar-refractivity contribution in [2.75, 3.05) is 7.11 Å². The Morgan fingerprint density at radius 3 is 2.65 bits per heavy atom. The molecule has 0 amide bonds. The minimum atomic E-state index is 0.143. The fourth-order valence-corrected chi connectivity index (χ4v) is 2.23. The maximum absolute atomic E-state index is 9.77. The number of ether oxygens (including phenoxy) is 1. The van der Waals surface area contributed by atoms with Gasteiger partial charge in [-0.1, -0.05) is 35.9 Å². The van der Waals surface area contributed by atoms with Crippen LogP contribution in [0.15, 0.2) is 42.5 Å². The van der Waals surface area contributed by atoms with E-state index in [1.54, 1.807) is 13.2 Å². The largest absolute Gasteiger partial charge is 0.508 e. The lowest BCUT2D eigenvalue weighted by Crippen LogP contribution is -2.18. The Hall–Kier alpha value is -2.00. The molecule has 2 N–H and O–H groups in total. The summed E-state index contributed by atoms with van der Waals surface area (Å²) in [4.78, 5) is 0.